The fraction of sp³-hybridized carbons (Fsp3) is 0.433. The Morgan fingerprint density at radius 3 is 2.74 bits per heavy atom. The Morgan fingerprint density at radius 2 is 2.03 bits per heavy atom. The van der Waals surface area contributed by atoms with Gasteiger partial charge in [0, 0.05) is 65.9 Å². The molecule has 38 heavy (non-hydrogen) atoms. The lowest BCUT2D eigenvalue weighted by molar-refractivity contribution is 0.0479. The summed E-state index contributed by atoms with van der Waals surface area (Å²) in [6.07, 6.45) is 10.2. The van der Waals surface area contributed by atoms with E-state index in [4.69, 9.17) is 4.74 Å². The van der Waals surface area contributed by atoms with Gasteiger partial charge in [-0.05, 0) is 77.6 Å². The van der Waals surface area contributed by atoms with Crippen molar-refractivity contribution in [2.24, 2.45) is 0 Å². The van der Waals surface area contributed by atoms with Gasteiger partial charge in [0.15, 0.2) is 0 Å². The zero-order valence-corrected chi connectivity index (χ0v) is 23.0. The Labute approximate surface area is 225 Å². The molecule has 0 unspecified atom stereocenters. The first-order chi connectivity index (χ1) is 18.1. The minimum Gasteiger partial charge on any atom is -0.444 e. The van der Waals surface area contributed by atoms with Crippen LogP contribution < -0.4 is 10.6 Å². The Bertz CT molecular complexity index is 1350. The predicted molar refractivity (Wildman–Crippen MR) is 152 cm³/mol. The Balaban J connectivity index is 1.37. The molecule has 0 spiro atoms. The molecule has 0 atom stereocenters. The number of nitriles is 1. The molecule has 8 heteroatoms. The van der Waals surface area contributed by atoms with E-state index in [1.54, 1.807) is 6.20 Å². The number of pyridine rings is 1. The lowest BCUT2D eigenvalue weighted by Gasteiger charge is -2.32. The number of benzene rings is 1. The van der Waals surface area contributed by atoms with E-state index in [0.717, 1.165) is 78.0 Å². The lowest BCUT2D eigenvalue weighted by Crippen LogP contribution is -2.46. The molecule has 3 heterocycles. The van der Waals surface area contributed by atoms with Gasteiger partial charge >= 0.3 is 6.09 Å². The van der Waals surface area contributed by atoms with Crippen molar-refractivity contribution in [1.29, 1.82) is 5.26 Å². The van der Waals surface area contributed by atoms with Crippen molar-refractivity contribution in [3.8, 4) is 6.07 Å². The van der Waals surface area contributed by atoms with Crippen molar-refractivity contribution in [2.75, 3.05) is 25.0 Å². The summed E-state index contributed by atoms with van der Waals surface area (Å²) in [4.78, 5) is 22.2. The Hall–Kier alpha value is -3.83. The van der Waals surface area contributed by atoms with E-state index >= 15 is 0 Å². The van der Waals surface area contributed by atoms with Crippen LogP contribution in [0.5, 0.6) is 0 Å². The largest absolute Gasteiger partial charge is 0.444 e. The van der Waals surface area contributed by atoms with Crippen LogP contribution in [-0.2, 0) is 4.74 Å². The predicted octanol–water partition coefficient (Wildman–Crippen LogP) is 6.19. The average Bonchev–Trinajstić information content (AvgIpc) is 3.34. The molecule has 1 fully saturated rings. The Morgan fingerprint density at radius 1 is 1.26 bits per heavy atom. The molecule has 1 aromatic carbocycles. The number of aromatic nitrogens is 2. The number of hydrogen-bond donors (Lipinski definition) is 3. The molecule has 0 radical (unpaired) electrons. The number of rotatable bonds is 7. The topological polar surface area (TPSA) is 106 Å². The minimum absolute atomic E-state index is 0.154. The van der Waals surface area contributed by atoms with Crippen molar-refractivity contribution < 1.29 is 9.53 Å². The van der Waals surface area contributed by atoms with Crippen LogP contribution in [0.25, 0.3) is 17.0 Å². The Kier molecular flexibility index (Phi) is 8.38. The van der Waals surface area contributed by atoms with Crippen LogP contribution in [0.1, 0.15) is 62.4 Å². The number of piperidine rings is 1. The second-order valence-electron chi connectivity index (χ2n) is 10.9. The summed E-state index contributed by atoms with van der Waals surface area (Å²) in [6.45, 7) is 12.5. The number of amides is 1. The summed E-state index contributed by atoms with van der Waals surface area (Å²) in [5.74, 6) is 0. The second-order valence-corrected chi connectivity index (χ2v) is 10.9. The number of carbonyl (C=O) groups is 1. The molecular weight excluding hydrogens is 476 g/mol. The van der Waals surface area contributed by atoms with Gasteiger partial charge in [-0.2, -0.15) is 5.26 Å². The van der Waals surface area contributed by atoms with Crippen LogP contribution in [0.2, 0.25) is 0 Å². The third-order valence-electron chi connectivity index (χ3n) is 6.90. The first-order valence-electron chi connectivity index (χ1n) is 13.3. The first kappa shape index (κ1) is 27.2. The maximum atomic E-state index is 12.0. The monoisotopic (exact) mass is 514 g/mol. The fourth-order valence-corrected chi connectivity index (χ4v) is 4.83. The minimum atomic E-state index is -0.484. The highest BCUT2D eigenvalue weighted by atomic mass is 16.6. The van der Waals surface area contributed by atoms with Crippen LogP contribution in [-0.4, -0.2) is 52.2 Å². The number of aryl methyl sites for hydroxylation is 2. The van der Waals surface area contributed by atoms with Gasteiger partial charge in [0.1, 0.15) is 11.7 Å². The molecule has 4 rings (SSSR count). The molecule has 0 bridgehead atoms. The standard InChI is InChI=1S/C30H38N6O2/c1-20-24-11-14-32-27(24)10-9-26(20)35-28-22(18-31)19-33-21(2)25(28)8-6-7-15-36-16-12-23(13-17-36)34-29(37)38-30(3,4)5/h6,8-11,14,19,23,32H,7,12-13,15-17H2,1-5H3,(H,33,35)(H,34,37)/b8-6+. The smallest absolute Gasteiger partial charge is 0.407 e. The zero-order valence-electron chi connectivity index (χ0n) is 23.0. The van der Waals surface area contributed by atoms with E-state index in [1.165, 1.54) is 0 Å². The second kappa shape index (κ2) is 11.7. The van der Waals surface area contributed by atoms with Gasteiger partial charge in [-0.3, -0.25) is 4.98 Å². The number of likely N-dealkylation sites (tertiary alicyclic amines) is 1. The normalized spacial score (nSPS) is 15.1. The molecule has 2 aromatic heterocycles. The lowest BCUT2D eigenvalue weighted by atomic mass is 10.0. The van der Waals surface area contributed by atoms with Gasteiger partial charge in [0.05, 0.1) is 11.3 Å². The number of anilines is 2. The molecule has 1 saturated heterocycles. The van der Waals surface area contributed by atoms with Gasteiger partial charge in [-0.15, -0.1) is 0 Å². The van der Waals surface area contributed by atoms with Crippen LogP contribution >= 0.6 is 0 Å². The molecule has 1 amide bonds. The summed E-state index contributed by atoms with van der Waals surface area (Å²) in [5, 5.41) is 17.5. The quantitative estimate of drug-likeness (QED) is 0.347. The number of nitrogens with one attached hydrogen (secondary N) is 3. The number of carbonyl (C=O) groups excluding carboxylic acids is 1. The maximum absolute atomic E-state index is 12.0. The fourth-order valence-electron chi connectivity index (χ4n) is 4.83. The molecule has 1 aliphatic rings. The zero-order chi connectivity index (χ0) is 27.3. The van der Waals surface area contributed by atoms with Gasteiger partial charge in [0.2, 0.25) is 0 Å². The number of hydrogen-bond acceptors (Lipinski definition) is 6. The third-order valence-corrected chi connectivity index (χ3v) is 6.90. The van der Waals surface area contributed by atoms with Crippen LogP contribution in [0.3, 0.4) is 0 Å². The van der Waals surface area contributed by atoms with Crippen LogP contribution in [0.15, 0.2) is 36.7 Å². The molecule has 1 aliphatic heterocycles. The van der Waals surface area contributed by atoms with Gasteiger partial charge in [-0.25, -0.2) is 4.79 Å². The summed E-state index contributed by atoms with van der Waals surface area (Å²) >= 11 is 0. The van der Waals surface area contributed by atoms with Crippen molar-refractivity contribution in [3.05, 3.63) is 59.1 Å². The van der Waals surface area contributed by atoms with E-state index in [9.17, 15) is 10.1 Å². The molecule has 8 nitrogen and oxygen atoms in total. The molecular formula is C30H38N6O2. The average molecular weight is 515 g/mol. The maximum Gasteiger partial charge on any atom is 0.407 e. The van der Waals surface area contributed by atoms with Crippen molar-refractivity contribution in [1.82, 2.24) is 20.2 Å². The summed E-state index contributed by atoms with van der Waals surface area (Å²) in [7, 11) is 0. The summed E-state index contributed by atoms with van der Waals surface area (Å²) < 4.78 is 5.38. The highest BCUT2D eigenvalue weighted by Crippen LogP contribution is 2.32. The SMILES string of the molecule is Cc1ncc(C#N)c(Nc2ccc3[nH]ccc3c2C)c1/C=C/CCN1CCC(NC(=O)OC(C)(C)C)CC1. The number of ether oxygens (including phenoxy) is 1. The van der Waals surface area contributed by atoms with E-state index < -0.39 is 5.60 Å². The van der Waals surface area contributed by atoms with Gasteiger partial charge in [-0.1, -0.05) is 12.2 Å². The summed E-state index contributed by atoms with van der Waals surface area (Å²) in [5.41, 5.74) is 5.80. The van der Waals surface area contributed by atoms with Crippen molar-refractivity contribution in [2.45, 2.75) is 65.5 Å². The number of fused-ring (bicyclic) bond motifs is 1. The molecule has 200 valence electrons. The van der Waals surface area contributed by atoms with Crippen molar-refractivity contribution in [3.63, 3.8) is 0 Å². The van der Waals surface area contributed by atoms with E-state index in [1.807, 2.05) is 46.0 Å². The van der Waals surface area contributed by atoms with Crippen molar-refractivity contribution >= 4 is 34.4 Å². The van der Waals surface area contributed by atoms with E-state index in [2.05, 4.69) is 56.7 Å². The highest BCUT2D eigenvalue weighted by molar-refractivity contribution is 5.90. The van der Waals surface area contributed by atoms with Crippen LogP contribution in [0, 0.1) is 25.2 Å². The van der Waals surface area contributed by atoms with E-state index in [0.29, 0.717) is 5.56 Å². The first-order valence-corrected chi connectivity index (χ1v) is 13.3. The molecule has 0 saturated carbocycles. The van der Waals surface area contributed by atoms with Gasteiger partial charge in [0.25, 0.3) is 0 Å². The number of aromatic amines is 1. The third kappa shape index (κ3) is 6.73. The number of H-pyrrole nitrogens is 1. The van der Waals surface area contributed by atoms with Crippen LogP contribution in [0.4, 0.5) is 16.2 Å². The van der Waals surface area contributed by atoms with E-state index in [-0.39, 0.29) is 12.1 Å². The number of nitrogens with zero attached hydrogens (tertiary/aromatic N) is 3. The molecule has 3 N–H and O–H groups in total. The number of alkyl carbamates (subject to hydrolysis) is 1. The molecule has 3 aromatic rings. The molecule has 0 aliphatic carbocycles. The highest BCUT2D eigenvalue weighted by Gasteiger charge is 2.23. The summed E-state index contributed by atoms with van der Waals surface area (Å²) in [6, 6.07) is 8.60. The van der Waals surface area contributed by atoms with Gasteiger partial charge < -0.3 is 25.3 Å².